The van der Waals surface area contributed by atoms with Crippen molar-refractivity contribution in [3.8, 4) is 0 Å². The molecule has 0 heterocycles. The van der Waals surface area contributed by atoms with Gasteiger partial charge in [-0.3, -0.25) is 0 Å². The van der Waals surface area contributed by atoms with Gasteiger partial charge in [0, 0.05) is 44.1 Å². The van der Waals surface area contributed by atoms with Gasteiger partial charge in [-0.2, -0.15) is 6.92 Å². The Bertz CT molecular complexity index is 18.5. The van der Waals surface area contributed by atoms with Crippen LogP contribution in [0.1, 0.15) is 6.92 Å². The van der Waals surface area contributed by atoms with Crippen molar-refractivity contribution >= 4 is 0 Å². The topological polar surface area (TPSA) is 0 Å². The molecule has 0 unspecified atom stereocenters. The maximum atomic E-state index is 3.25. The van der Waals surface area contributed by atoms with Crippen molar-refractivity contribution in [1.29, 1.82) is 0 Å². The van der Waals surface area contributed by atoms with E-state index in [1.54, 1.807) is 6.92 Å². The van der Waals surface area contributed by atoms with E-state index >= 15 is 0 Å². The van der Waals surface area contributed by atoms with Crippen LogP contribution in [0.2, 0.25) is 0 Å². The summed E-state index contributed by atoms with van der Waals surface area (Å²) in [5, 5.41) is 0. The maximum Gasteiger partial charge on any atom is 1.00 e. The van der Waals surface area contributed by atoms with E-state index in [0.29, 0.717) is 0 Å². The van der Waals surface area contributed by atoms with Gasteiger partial charge in [0.2, 0.25) is 0 Å². The Hall–Kier alpha value is 9.62. The molecule has 0 aromatic heterocycles. The molecule has 0 N–H and O–H groups in total. The van der Waals surface area contributed by atoms with E-state index in [9.17, 15) is 0 Å². The maximum absolute atomic E-state index is 3.25. The molecule has 0 nitrogen and oxygen atoms in total. The van der Waals surface area contributed by atoms with Crippen LogP contribution in [0.25, 0.3) is 0 Å². The molecule has 15 heavy (non-hydrogen) atoms. The molecule has 0 aliphatic rings. The summed E-state index contributed by atoms with van der Waals surface area (Å²) >= 11 is 0. The van der Waals surface area contributed by atoms with Crippen LogP contribution >= 0.6 is 0 Å². The average molecular weight is 557 g/mol. The molecular weight excluding hydrogens is 531 g/mol. The van der Waals surface area contributed by atoms with Gasteiger partial charge in [-0.15, -0.1) is 0 Å². The second kappa shape index (κ2) is 131. The Morgan fingerprint density at radius 2 is 0.400 bits per heavy atom. The van der Waals surface area contributed by atoms with E-state index < -0.39 is 0 Å². The Labute approximate surface area is 353 Å². The minimum atomic E-state index is 0. The molecule has 0 atom stereocenters. The summed E-state index contributed by atoms with van der Waals surface area (Å²) < 4.78 is 0. The third-order valence-electron chi connectivity index (χ3n) is 0. The third kappa shape index (κ3) is 119. The van der Waals surface area contributed by atoms with Gasteiger partial charge in [-0.25, -0.2) is 0 Å². The number of rotatable bonds is 0. The Balaban J connectivity index is -0.0000000000641. The predicted molar refractivity (Wildman–Crippen MR) is 55.9 cm³/mol. The van der Waals surface area contributed by atoms with Crippen molar-refractivity contribution in [2.75, 3.05) is 0 Å². The van der Waals surface area contributed by atoms with Gasteiger partial charge >= 0.3 is 257 Å². The van der Waals surface area contributed by atoms with Crippen LogP contribution in [0.5, 0.6) is 0 Å². The summed E-state index contributed by atoms with van der Waals surface area (Å²) in [5.74, 6) is 0. The van der Waals surface area contributed by atoms with Crippen LogP contribution in [-0.2, 0) is 0 Å². The zero-order valence-electron chi connectivity index (χ0n) is 14.3. The average Bonchev–Trinajstić information content (AvgIpc) is 1.00. The van der Waals surface area contributed by atoms with Crippen molar-refractivity contribution in [3.63, 3.8) is 0 Å². The molecule has 0 aromatic rings. The van der Waals surface area contributed by atoms with Crippen molar-refractivity contribution in [2.45, 2.75) is 6.92 Å². The van der Waals surface area contributed by atoms with Crippen LogP contribution in [-0.4, -0.2) is 0 Å². The summed E-state index contributed by atoms with van der Waals surface area (Å²) in [6.07, 6.45) is 0. The molecule has 0 rings (SSSR count). The molecule has 0 bridgehead atoms. The van der Waals surface area contributed by atoms with Gasteiger partial charge in [0.15, 0.2) is 0 Å². The van der Waals surface area contributed by atoms with E-state index in [-0.39, 0.29) is 353 Å². The Morgan fingerprint density at radius 1 is 0.400 bits per heavy atom. The van der Waals surface area contributed by atoms with E-state index in [0.717, 1.165) is 0 Å². The van der Waals surface area contributed by atoms with E-state index in [1.165, 1.54) is 0 Å². The molecule has 73 valence electrons. The van der Waals surface area contributed by atoms with E-state index in [1.807, 2.05) is 0 Å². The summed E-state index contributed by atoms with van der Waals surface area (Å²) in [4.78, 5) is 0. The summed E-state index contributed by atoms with van der Waals surface area (Å²) in [7, 11) is 0. The van der Waals surface area contributed by atoms with Gasteiger partial charge in [0.1, 0.15) is 0 Å². The second-order valence-corrected chi connectivity index (χ2v) is 0. The molecular formula is C9H26AcK5-3. The zero-order valence-corrected chi connectivity index (χ0v) is 34.6. The Kier molecular flexibility index (Phi) is 1060. The second-order valence-electron chi connectivity index (χ2n) is 0. The van der Waals surface area contributed by atoms with Gasteiger partial charge < -0.3 is 58.9 Å². The first-order valence-corrected chi connectivity index (χ1v) is 0.707. The van der Waals surface area contributed by atoms with Crippen molar-refractivity contribution in [1.82, 2.24) is 0 Å². The minimum Gasteiger partial charge on any atom is -0.358 e. The van der Waals surface area contributed by atoms with Crippen LogP contribution < -0.4 is 257 Å². The van der Waals surface area contributed by atoms with E-state index in [4.69, 9.17) is 0 Å². The van der Waals surface area contributed by atoms with Crippen LogP contribution in [0.3, 0.4) is 0 Å². The van der Waals surface area contributed by atoms with Crippen molar-refractivity contribution in [2.24, 2.45) is 0 Å². The summed E-state index contributed by atoms with van der Waals surface area (Å²) in [6.45, 7) is 5.00. The molecule has 6 heteroatoms. The molecule has 0 amide bonds. The molecule has 1 radical (unpaired) electrons. The number of hydrogen-bond acceptors (Lipinski definition) is 0. The fourth-order valence-corrected chi connectivity index (χ4v) is 0. The molecule has 0 aliphatic heterocycles. The number of hydrogen-bond donors (Lipinski definition) is 0. The normalized spacial score (nSPS) is 0.400. The fraction of sp³-hybridized carbons (Fsp3) is 0.111. The predicted octanol–water partition coefficient (Wildman–Crippen LogP) is -11.0. The van der Waals surface area contributed by atoms with Gasteiger partial charge in [0.05, 0.1) is 0 Å². The van der Waals surface area contributed by atoms with Gasteiger partial charge in [-0.05, 0) is 0 Å². The minimum absolute atomic E-state index is 0. The van der Waals surface area contributed by atoms with Crippen LogP contribution in [0.4, 0.5) is 0 Å². The van der Waals surface area contributed by atoms with Crippen LogP contribution in [0, 0.1) is 103 Å². The molecule has 0 aliphatic carbocycles. The SMILES string of the molecule is [Ac].[CH2-]C.[CH3-].[CH3-].[CH3-].[CH3-].[CH3-].[CH3-].[CH3-].[K+].[K+].[K+].[K+].[K+]. The summed E-state index contributed by atoms with van der Waals surface area (Å²) in [6, 6.07) is 0. The standard InChI is InChI=1S/C2H5.7CH3.Ac.5K/c1-2;;;;;;;;;;;;;/h1H2,2H3;7*1H3;;;;;;/q8*-1;;5*+1. The van der Waals surface area contributed by atoms with Crippen molar-refractivity contribution in [3.05, 3.63) is 58.9 Å². The molecule has 0 saturated carbocycles. The fourth-order valence-electron chi connectivity index (χ4n) is 0. The smallest absolute Gasteiger partial charge is 0.358 e. The first kappa shape index (κ1) is 122. The Morgan fingerprint density at radius 3 is 0.400 bits per heavy atom. The van der Waals surface area contributed by atoms with Crippen molar-refractivity contribution < 1.29 is 301 Å². The molecule has 0 aromatic carbocycles. The van der Waals surface area contributed by atoms with Crippen LogP contribution in [0.15, 0.2) is 0 Å². The first-order chi connectivity index (χ1) is 1.00. The molecule has 0 fully saturated rings. The van der Waals surface area contributed by atoms with Gasteiger partial charge in [-0.1, -0.05) is 0 Å². The largest absolute Gasteiger partial charge is 1.00 e. The quantitative estimate of drug-likeness (QED) is 0.206. The first-order valence-electron chi connectivity index (χ1n) is 0.707. The third-order valence-corrected chi connectivity index (χ3v) is 0. The van der Waals surface area contributed by atoms with E-state index in [2.05, 4.69) is 6.92 Å². The molecule has 0 spiro atoms. The zero-order chi connectivity index (χ0) is 2.00. The van der Waals surface area contributed by atoms with Gasteiger partial charge in [0.25, 0.3) is 0 Å². The molecule has 0 saturated heterocycles. The summed E-state index contributed by atoms with van der Waals surface area (Å²) in [5.41, 5.74) is 0. The monoisotopic (exact) mass is 556 g/mol.